The average molecular weight is 339 g/mol. The van der Waals surface area contributed by atoms with Gasteiger partial charge in [0.1, 0.15) is 0 Å². The summed E-state index contributed by atoms with van der Waals surface area (Å²) in [4.78, 5) is 16.5. The van der Waals surface area contributed by atoms with Crippen LogP contribution in [0.1, 0.15) is 32.6 Å². The predicted molar refractivity (Wildman–Crippen MR) is 95.2 cm³/mol. The highest BCUT2D eigenvalue weighted by Crippen LogP contribution is 2.24. The maximum absolute atomic E-state index is 12.2. The quantitative estimate of drug-likeness (QED) is 0.712. The van der Waals surface area contributed by atoms with Crippen LogP contribution in [-0.2, 0) is 9.53 Å². The first-order chi connectivity index (χ1) is 11.1. The zero-order valence-corrected chi connectivity index (χ0v) is 14.9. The lowest BCUT2D eigenvalue weighted by Crippen LogP contribution is -2.45. The minimum absolute atomic E-state index is 0.231. The SMILES string of the molecule is CCOCCCC(=O)N(C)C1CCN(c2ccc(Cl)cc2)CC1. The van der Waals surface area contributed by atoms with E-state index in [0.29, 0.717) is 25.7 Å². The maximum atomic E-state index is 12.2. The number of hydrogen-bond donors (Lipinski definition) is 0. The van der Waals surface area contributed by atoms with Gasteiger partial charge in [-0.15, -0.1) is 0 Å². The molecule has 1 aromatic rings. The molecule has 0 saturated carbocycles. The van der Waals surface area contributed by atoms with Crippen LogP contribution >= 0.6 is 11.6 Å². The lowest BCUT2D eigenvalue weighted by Gasteiger charge is -2.38. The second-order valence-corrected chi connectivity index (χ2v) is 6.44. The molecule has 23 heavy (non-hydrogen) atoms. The van der Waals surface area contributed by atoms with Gasteiger partial charge in [0.2, 0.25) is 5.91 Å². The fraction of sp³-hybridized carbons (Fsp3) is 0.611. The summed E-state index contributed by atoms with van der Waals surface area (Å²) < 4.78 is 5.29. The minimum atomic E-state index is 0.231. The summed E-state index contributed by atoms with van der Waals surface area (Å²) in [5.41, 5.74) is 1.21. The van der Waals surface area contributed by atoms with E-state index in [2.05, 4.69) is 17.0 Å². The highest BCUT2D eigenvalue weighted by molar-refractivity contribution is 6.30. The third-order valence-electron chi connectivity index (χ3n) is 4.48. The molecular formula is C18H27ClN2O2. The van der Waals surface area contributed by atoms with Crippen molar-refractivity contribution >= 4 is 23.2 Å². The van der Waals surface area contributed by atoms with Gasteiger partial charge in [0, 0.05) is 56.5 Å². The van der Waals surface area contributed by atoms with Crippen molar-refractivity contribution in [2.75, 3.05) is 38.3 Å². The molecule has 5 heteroatoms. The molecule has 128 valence electrons. The average Bonchev–Trinajstić information content (AvgIpc) is 2.59. The first-order valence-corrected chi connectivity index (χ1v) is 8.83. The molecule has 0 unspecified atom stereocenters. The summed E-state index contributed by atoms with van der Waals surface area (Å²) in [6.45, 7) is 5.31. The third kappa shape index (κ3) is 5.40. The van der Waals surface area contributed by atoms with Crippen LogP contribution in [0.15, 0.2) is 24.3 Å². The van der Waals surface area contributed by atoms with Crippen molar-refractivity contribution in [3.8, 4) is 0 Å². The fourth-order valence-electron chi connectivity index (χ4n) is 3.01. The van der Waals surface area contributed by atoms with E-state index in [4.69, 9.17) is 16.3 Å². The minimum Gasteiger partial charge on any atom is -0.382 e. The molecule has 4 nitrogen and oxygen atoms in total. The fourth-order valence-corrected chi connectivity index (χ4v) is 3.14. The number of carbonyl (C=O) groups excluding carboxylic acids is 1. The third-order valence-corrected chi connectivity index (χ3v) is 4.73. The van der Waals surface area contributed by atoms with Crippen LogP contribution in [0.2, 0.25) is 5.02 Å². The van der Waals surface area contributed by atoms with Crippen molar-refractivity contribution in [1.82, 2.24) is 4.90 Å². The van der Waals surface area contributed by atoms with Gasteiger partial charge in [-0.25, -0.2) is 0 Å². The molecule has 1 aliphatic heterocycles. The molecule has 1 aromatic carbocycles. The molecule has 1 saturated heterocycles. The monoisotopic (exact) mass is 338 g/mol. The number of carbonyl (C=O) groups is 1. The molecule has 0 radical (unpaired) electrons. The number of amides is 1. The highest BCUT2D eigenvalue weighted by Gasteiger charge is 2.25. The summed E-state index contributed by atoms with van der Waals surface area (Å²) >= 11 is 5.94. The van der Waals surface area contributed by atoms with E-state index in [1.54, 1.807) is 0 Å². The molecule has 0 atom stereocenters. The van der Waals surface area contributed by atoms with Crippen molar-refractivity contribution in [2.45, 2.75) is 38.6 Å². The van der Waals surface area contributed by atoms with Crippen LogP contribution in [0.4, 0.5) is 5.69 Å². The number of halogens is 1. The van der Waals surface area contributed by atoms with E-state index in [9.17, 15) is 4.79 Å². The molecule has 1 aliphatic rings. The molecule has 0 bridgehead atoms. The Morgan fingerprint density at radius 2 is 1.96 bits per heavy atom. The number of nitrogens with zero attached hydrogens (tertiary/aromatic N) is 2. The molecule has 1 amide bonds. The van der Waals surface area contributed by atoms with E-state index in [1.807, 2.05) is 31.0 Å². The Morgan fingerprint density at radius 3 is 2.57 bits per heavy atom. The highest BCUT2D eigenvalue weighted by atomic mass is 35.5. The van der Waals surface area contributed by atoms with Gasteiger partial charge < -0.3 is 14.5 Å². The van der Waals surface area contributed by atoms with Crippen LogP contribution in [0, 0.1) is 0 Å². The Morgan fingerprint density at radius 1 is 1.30 bits per heavy atom. The molecule has 0 N–H and O–H groups in total. The molecule has 0 aromatic heterocycles. The number of rotatable bonds is 7. The van der Waals surface area contributed by atoms with Gasteiger partial charge in [-0.2, -0.15) is 0 Å². The number of anilines is 1. The first kappa shape index (κ1) is 18.1. The summed E-state index contributed by atoms with van der Waals surface area (Å²) in [5, 5.41) is 0.765. The van der Waals surface area contributed by atoms with Gasteiger partial charge in [0.05, 0.1) is 0 Å². The second kappa shape index (κ2) is 9.14. The van der Waals surface area contributed by atoms with Gasteiger partial charge >= 0.3 is 0 Å². The normalized spacial score (nSPS) is 15.7. The topological polar surface area (TPSA) is 32.8 Å². The largest absolute Gasteiger partial charge is 0.382 e. The summed E-state index contributed by atoms with van der Waals surface area (Å²) in [6.07, 6.45) is 3.40. The Kier molecular flexibility index (Phi) is 7.18. The van der Waals surface area contributed by atoms with E-state index in [1.165, 1.54) is 5.69 Å². The zero-order valence-electron chi connectivity index (χ0n) is 14.1. The van der Waals surface area contributed by atoms with E-state index >= 15 is 0 Å². The standard InChI is InChI=1S/C18H27ClN2O2/c1-3-23-14-4-5-18(22)20(2)16-10-12-21(13-11-16)17-8-6-15(19)7-9-17/h6-9,16H,3-5,10-14H2,1-2H3. The van der Waals surface area contributed by atoms with Crippen LogP contribution < -0.4 is 4.90 Å². The second-order valence-electron chi connectivity index (χ2n) is 6.00. The first-order valence-electron chi connectivity index (χ1n) is 8.45. The van der Waals surface area contributed by atoms with Crippen LogP contribution in [-0.4, -0.2) is 50.2 Å². The van der Waals surface area contributed by atoms with Crippen LogP contribution in [0.25, 0.3) is 0 Å². The van der Waals surface area contributed by atoms with Gasteiger partial charge in [-0.1, -0.05) is 11.6 Å². The maximum Gasteiger partial charge on any atom is 0.222 e. The van der Waals surface area contributed by atoms with Gasteiger partial charge in [-0.05, 0) is 50.5 Å². The van der Waals surface area contributed by atoms with Gasteiger partial charge in [0.15, 0.2) is 0 Å². The van der Waals surface area contributed by atoms with Gasteiger partial charge in [0.25, 0.3) is 0 Å². The van der Waals surface area contributed by atoms with E-state index < -0.39 is 0 Å². The van der Waals surface area contributed by atoms with Crippen molar-refractivity contribution in [3.63, 3.8) is 0 Å². The Hall–Kier alpha value is -1.26. The Bertz CT molecular complexity index is 484. The number of hydrogen-bond acceptors (Lipinski definition) is 3. The molecule has 2 rings (SSSR count). The van der Waals surface area contributed by atoms with Crippen molar-refractivity contribution in [1.29, 1.82) is 0 Å². The zero-order chi connectivity index (χ0) is 16.7. The number of ether oxygens (including phenoxy) is 1. The molecule has 0 spiro atoms. The number of benzene rings is 1. The van der Waals surface area contributed by atoms with E-state index in [-0.39, 0.29) is 5.91 Å². The van der Waals surface area contributed by atoms with Crippen LogP contribution in [0.5, 0.6) is 0 Å². The number of piperidine rings is 1. The molecule has 0 aliphatic carbocycles. The van der Waals surface area contributed by atoms with Crippen LogP contribution in [0.3, 0.4) is 0 Å². The molecular weight excluding hydrogens is 312 g/mol. The molecule has 1 fully saturated rings. The summed E-state index contributed by atoms with van der Waals surface area (Å²) in [7, 11) is 1.94. The Labute approximate surface area is 144 Å². The van der Waals surface area contributed by atoms with Crippen molar-refractivity contribution in [3.05, 3.63) is 29.3 Å². The van der Waals surface area contributed by atoms with E-state index in [0.717, 1.165) is 37.4 Å². The lowest BCUT2D eigenvalue weighted by molar-refractivity contribution is -0.132. The predicted octanol–water partition coefficient (Wildman–Crippen LogP) is 3.58. The molecule has 1 heterocycles. The lowest BCUT2D eigenvalue weighted by atomic mass is 10.0. The van der Waals surface area contributed by atoms with Gasteiger partial charge in [-0.3, -0.25) is 4.79 Å². The van der Waals surface area contributed by atoms with Crippen molar-refractivity contribution in [2.24, 2.45) is 0 Å². The Balaban J connectivity index is 1.76. The summed E-state index contributed by atoms with van der Waals surface area (Å²) in [5.74, 6) is 0.231. The smallest absolute Gasteiger partial charge is 0.222 e. The summed E-state index contributed by atoms with van der Waals surface area (Å²) in [6, 6.07) is 8.32. The van der Waals surface area contributed by atoms with Crippen molar-refractivity contribution < 1.29 is 9.53 Å².